The lowest BCUT2D eigenvalue weighted by atomic mass is 10.1. The van der Waals surface area contributed by atoms with Crippen LogP contribution in [-0.2, 0) is 6.61 Å². The van der Waals surface area contributed by atoms with Gasteiger partial charge in [0, 0.05) is 24.3 Å². The molecule has 0 aliphatic rings. The van der Waals surface area contributed by atoms with Crippen LogP contribution in [0.2, 0.25) is 0 Å². The van der Waals surface area contributed by atoms with Crippen LogP contribution >= 0.6 is 0 Å². The fourth-order valence-corrected chi connectivity index (χ4v) is 1.73. The van der Waals surface area contributed by atoms with Crippen LogP contribution in [0.3, 0.4) is 0 Å². The molecule has 0 amide bonds. The molecule has 0 aliphatic carbocycles. The minimum absolute atomic E-state index is 0.174. The zero-order chi connectivity index (χ0) is 13.0. The van der Waals surface area contributed by atoms with E-state index in [1.807, 2.05) is 18.7 Å². The van der Waals surface area contributed by atoms with Crippen LogP contribution in [0.25, 0.3) is 0 Å². The van der Waals surface area contributed by atoms with Crippen molar-refractivity contribution >= 4 is 5.82 Å². The molecule has 17 heavy (non-hydrogen) atoms. The summed E-state index contributed by atoms with van der Waals surface area (Å²) < 4.78 is 14.1. The predicted octanol–water partition coefficient (Wildman–Crippen LogP) is 2.58. The second kappa shape index (κ2) is 5.96. The number of rotatable bonds is 5. The molecule has 0 saturated carbocycles. The molecule has 96 valence electrons. The lowest BCUT2D eigenvalue weighted by molar-refractivity contribution is 0.275. The van der Waals surface area contributed by atoms with E-state index in [1.165, 1.54) is 6.07 Å². The van der Waals surface area contributed by atoms with Gasteiger partial charge in [0.15, 0.2) is 11.6 Å². The van der Waals surface area contributed by atoms with Crippen LogP contribution in [0, 0.1) is 11.7 Å². The maximum absolute atomic E-state index is 14.1. The first-order valence-electron chi connectivity index (χ1n) is 5.98. The van der Waals surface area contributed by atoms with Crippen LogP contribution in [0.4, 0.5) is 10.2 Å². The second-order valence-corrected chi connectivity index (χ2v) is 4.91. The van der Waals surface area contributed by atoms with E-state index in [1.54, 1.807) is 6.20 Å². The SMILES string of the molecule is CC(C)CN(c1nccc(CO)c1F)C(C)C. The first kappa shape index (κ1) is 13.9. The van der Waals surface area contributed by atoms with Crippen molar-refractivity contribution in [1.29, 1.82) is 0 Å². The Hall–Kier alpha value is -1.16. The van der Waals surface area contributed by atoms with Crippen molar-refractivity contribution in [1.82, 2.24) is 4.98 Å². The van der Waals surface area contributed by atoms with Crippen LogP contribution in [0.1, 0.15) is 33.3 Å². The van der Waals surface area contributed by atoms with E-state index in [-0.39, 0.29) is 12.6 Å². The van der Waals surface area contributed by atoms with E-state index >= 15 is 0 Å². The Labute approximate surface area is 102 Å². The minimum Gasteiger partial charge on any atom is -0.392 e. The lowest BCUT2D eigenvalue weighted by Gasteiger charge is -2.30. The number of anilines is 1. The predicted molar refractivity (Wildman–Crippen MR) is 67.4 cm³/mol. The van der Waals surface area contributed by atoms with Gasteiger partial charge in [-0.05, 0) is 25.8 Å². The van der Waals surface area contributed by atoms with Crippen LogP contribution in [0.5, 0.6) is 0 Å². The number of aliphatic hydroxyl groups is 1. The summed E-state index contributed by atoms with van der Waals surface area (Å²) in [5.41, 5.74) is 0.296. The van der Waals surface area contributed by atoms with Gasteiger partial charge in [-0.15, -0.1) is 0 Å². The van der Waals surface area contributed by atoms with Crippen molar-refractivity contribution in [2.75, 3.05) is 11.4 Å². The number of pyridine rings is 1. The van der Waals surface area contributed by atoms with Gasteiger partial charge in [-0.3, -0.25) is 0 Å². The highest BCUT2D eigenvalue weighted by Gasteiger charge is 2.19. The molecular weight excluding hydrogens is 219 g/mol. The summed E-state index contributed by atoms with van der Waals surface area (Å²) in [6, 6.07) is 1.68. The number of halogens is 1. The highest BCUT2D eigenvalue weighted by atomic mass is 19.1. The highest BCUT2D eigenvalue weighted by molar-refractivity contribution is 5.43. The Balaban J connectivity index is 3.09. The Morgan fingerprint density at radius 3 is 2.47 bits per heavy atom. The topological polar surface area (TPSA) is 36.4 Å². The number of hydrogen-bond donors (Lipinski definition) is 1. The molecule has 1 rings (SSSR count). The Morgan fingerprint density at radius 2 is 2.00 bits per heavy atom. The van der Waals surface area contributed by atoms with Crippen molar-refractivity contribution in [2.45, 2.75) is 40.3 Å². The summed E-state index contributed by atoms with van der Waals surface area (Å²) in [5, 5.41) is 9.06. The Morgan fingerprint density at radius 1 is 1.35 bits per heavy atom. The average Bonchev–Trinajstić information content (AvgIpc) is 2.26. The van der Waals surface area contributed by atoms with E-state index in [2.05, 4.69) is 18.8 Å². The van der Waals surface area contributed by atoms with Gasteiger partial charge < -0.3 is 10.0 Å². The van der Waals surface area contributed by atoms with Gasteiger partial charge in [0.05, 0.1) is 6.61 Å². The smallest absolute Gasteiger partial charge is 0.171 e. The standard InChI is InChI=1S/C13H21FN2O/c1-9(2)7-16(10(3)4)13-12(14)11(8-17)5-6-15-13/h5-6,9-10,17H,7-8H2,1-4H3. The summed E-state index contributed by atoms with van der Waals surface area (Å²) in [5.74, 6) is 0.348. The van der Waals surface area contributed by atoms with Crippen LogP contribution < -0.4 is 4.90 Å². The van der Waals surface area contributed by atoms with Gasteiger partial charge in [-0.1, -0.05) is 13.8 Å². The highest BCUT2D eigenvalue weighted by Crippen LogP contribution is 2.22. The van der Waals surface area contributed by atoms with E-state index in [9.17, 15) is 4.39 Å². The summed E-state index contributed by atoms with van der Waals surface area (Å²) in [6.07, 6.45) is 1.54. The number of aromatic nitrogens is 1. The summed E-state index contributed by atoms with van der Waals surface area (Å²) in [6.45, 7) is 8.64. The van der Waals surface area contributed by atoms with Gasteiger partial charge in [0.2, 0.25) is 0 Å². The van der Waals surface area contributed by atoms with Crippen molar-refractivity contribution in [3.63, 3.8) is 0 Å². The summed E-state index contributed by atoms with van der Waals surface area (Å²) >= 11 is 0. The Bertz CT molecular complexity index is 366. The number of hydrogen-bond acceptors (Lipinski definition) is 3. The molecule has 0 spiro atoms. The fraction of sp³-hybridized carbons (Fsp3) is 0.615. The largest absolute Gasteiger partial charge is 0.392 e. The quantitative estimate of drug-likeness (QED) is 0.859. The third kappa shape index (κ3) is 3.40. The Kier molecular flexibility index (Phi) is 4.87. The third-order valence-electron chi connectivity index (χ3n) is 2.58. The molecule has 4 heteroatoms. The van der Waals surface area contributed by atoms with Crippen molar-refractivity contribution in [3.05, 3.63) is 23.6 Å². The van der Waals surface area contributed by atoms with E-state index < -0.39 is 5.82 Å². The molecule has 1 aromatic rings. The summed E-state index contributed by atoms with van der Waals surface area (Å²) in [7, 11) is 0. The van der Waals surface area contributed by atoms with Gasteiger partial charge in [0.1, 0.15) is 0 Å². The average molecular weight is 240 g/mol. The third-order valence-corrected chi connectivity index (χ3v) is 2.58. The molecule has 0 saturated heterocycles. The van der Waals surface area contributed by atoms with Gasteiger partial charge >= 0.3 is 0 Å². The zero-order valence-corrected chi connectivity index (χ0v) is 10.9. The molecule has 1 aromatic heterocycles. The van der Waals surface area contributed by atoms with Gasteiger partial charge in [-0.2, -0.15) is 0 Å². The van der Waals surface area contributed by atoms with Crippen molar-refractivity contribution < 1.29 is 9.50 Å². The van der Waals surface area contributed by atoms with E-state index in [0.29, 0.717) is 17.3 Å². The number of nitrogens with zero attached hydrogens (tertiary/aromatic N) is 2. The first-order chi connectivity index (χ1) is 7.97. The number of aliphatic hydroxyl groups excluding tert-OH is 1. The molecule has 0 bridgehead atoms. The van der Waals surface area contributed by atoms with Crippen LogP contribution in [-0.4, -0.2) is 22.7 Å². The molecule has 0 fully saturated rings. The monoisotopic (exact) mass is 240 g/mol. The molecular formula is C13H21FN2O. The fourth-order valence-electron chi connectivity index (χ4n) is 1.73. The van der Waals surface area contributed by atoms with Crippen LogP contribution in [0.15, 0.2) is 12.3 Å². The van der Waals surface area contributed by atoms with Gasteiger partial charge in [0.25, 0.3) is 0 Å². The normalized spacial score (nSPS) is 11.3. The summed E-state index contributed by atoms with van der Waals surface area (Å²) in [4.78, 5) is 6.03. The first-order valence-corrected chi connectivity index (χ1v) is 5.98. The maximum Gasteiger partial charge on any atom is 0.171 e. The lowest BCUT2D eigenvalue weighted by Crippen LogP contribution is -2.35. The molecule has 0 atom stereocenters. The van der Waals surface area contributed by atoms with Crippen molar-refractivity contribution in [2.24, 2.45) is 5.92 Å². The van der Waals surface area contributed by atoms with E-state index in [4.69, 9.17) is 5.11 Å². The molecule has 0 radical (unpaired) electrons. The second-order valence-electron chi connectivity index (χ2n) is 4.91. The molecule has 1 heterocycles. The van der Waals surface area contributed by atoms with E-state index in [0.717, 1.165) is 6.54 Å². The molecule has 0 unspecified atom stereocenters. The van der Waals surface area contributed by atoms with Crippen molar-refractivity contribution in [3.8, 4) is 0 Å². The molecule has 0 aliphatic heterocycles. The van der Waals surface area contributed by atoms with Gasteiger partial charge in [-0.25, -0.2) is 9.37 Å². The minimum atomic E-state index is -0.413. The zero-order valence-electron chi connectivity index (χ0n) is 10.9. The molecule has 1 N–H and O–H groups in total. The molecule has 3 nitrogen and oxygen atoms in total. The maximum atomic E-state index is 14.1. The molecule has 0 aromatic carbocycles.